The molecule has 1 amide bonds. The average molecular weight is 406 g/mol. The fourth-order valence-corrected chi connectivity index (χ4v) is 4.49. The summed E-state index contributed by atoms with van der Waals surface area (Å²) in [7, 11) is -3.53. The third-order valence-electron chi connectivity index (χ3n) is 4.60. The fourth-order valence-electron chi connectivity index (χ4n) is 3.04. The van der Waals surface area contributed by atoms with Gasteiger partial charge in [-0.2, -0.15) is 4.31 Å². The van der Waals surface area contributed by atoms with Crippen molar-refractivity contribution in [1.82, 2.24) is 9.21 Å². The Hall–Kier alpha value is -2.45. The van der Waals surface area contributed by atoms with E-state index in [2.05, 4.69) is 0 Å². The molecule has 0 aromatic heterocycles. The van der Waals surface area contributed by atoms with Crippen molar-refractivity contribution in [1.29, 1.82) is 0 Å². The van der Waals surface area contributed by atoms with Crippen molar-refractivity contribution in [3.8, 4) is 5.75 Å². The lowest BCUT2D eigenvalue weighted by atomic mass is 10.2. The predicted molar refractivity (Wildman–Crippen MR) is 103 cm³/mol. The molecule has 2 aromatic rings. The summed E-state index contributed by atoms with van der Waals surface area (Å²) in [6.45, 7) is 1.51. The highest BCUT2D eigenvalue weighted by Gasteiger charge is 2.29. The first-order valence-corrected chi connectivity index (χ1v) is 10.6. The van der Waals surface area contributed by atoms with Crippen LogP contribution >= 0.6 is 0 Å². The molecule has 1 saturated heterocycles. The van der Waals surface area contributed by atoms with E-state index in [1.807, 2.05) is 0 Å². The second-order valence-corrected chi connectivity index (χ2v) is 8.42. The maximum absolute atomic E-state index is 13.5. The van der Waals surface area contributed by atoms with Crippen molar-refractivity contribution in [3.63, 3.8) is 0 Å². The molecule has 2 aromatic carbocycles. The number of piperazine rings is 1. The van der Waals surface area contributed by atoms with Gasteiger partial charge in [0.15, 0.2) is 11.6 Å². The molecule has 0 N–H and O–H groups in total. The summed E-state index contributed by atoms with van der Waals surface area (Å²) >= 11 is 0. The number of sulfonamides is 1. The first kappa shape index (κ1) is 20.3. The van der Waals surface area contributed by atoms with Gasteiger partial charge in [-0.1, -0.05) is 30.3 Å². The summed E-state index contributed by atoms with van der Waals surface area (Å²) in [6.07, 6.45) is 0.746. The summed E-state index contributed by atoms with van der Waals surface area (Å²) in [5, 5.41) is 0. The van der Waals surface area contributed by atoms with Crippen LogP contribution in [-0.2, 0) is 14.8 Å². The molecule has 1 fully saturated rings. The van der Waals surface area contributed by atoms with Crippen molar-refractivity contribution in [2.24, 2.45) is 0 Å². The number of hydrogen-bond donors (Lipinski definition) is 0. The van der Waals surface area contributed by atoms with Gasteiger partial charge in [0.05, 0.1) is 11.5 Å². The van der Waals surface area contributed by atoms with E-state index >= 15 is 0 Å². The molecule has 0 aliphatic carbocycles. The minimum Gasteiger partial charge on any atom is -0.491 e. The number of carbonyl (C=O) groups excluding carboxylic acids is 1. The van der Waals surface area contributed by atoms with Crippen LogP contribution in [0, 0.1) is 5.82 Å². The van der Waals surface area contributed by atoms with Crippen LogP contribution in [0.1, 0.15) is 12.8 Å². The van der Waals surface area contributed by atoms with Gasteiger partial charge in [0, 0.05) is 32.6 Å². The summed E-state index contributed by atoms with van der Waals surface area (Å²) in [4.78, 5) is 14.3. The van der Waals surface area contributed by atoms with Gasteiger partial charge in [-0.05, 0) is 30.7 Å². The number of nitrogens with zero attached hydrogens (tertiary/aromatic N) is 2. The highest BCUT2D eigenvalue weighted by molar-refractivity contribution is 7.89. The normalized spacial score (nSPS) is 15.4. The van der Waals surface area contributed by atoms with Gasteiger partial charge in [0.1, 0.15) is 0 Å². The lowest BCUT2D eigenvalue weighted by Crippen LogP contribution is -2.50. The molecule has 3 rings (SSSR count). The zero-order valence-electron chi connectivity index (χ0n) is 15.5. The van der Waals surface area contributed by atoms with Gasteiger partial charge in [0.2, 0.25) is 15.9 Å². The van der Waals surface area contributed by atoms with Crippen LogP contribution < -0.4 is 4.74 Å². The molecule has 0 unspecified atom stereocenters. The maximum Gasteiger partial charge on any atom is 0.243 e. The SMILES string of the molecule is O=C(CCCOc1ccccc1F)N1CCN(S(=O)(=O)c2ccccc2)CC1. The Kier molecular flexibility index (Phi) is 6.64. The van der Waals surface area contributed by atoms with Crippen LogP contribution in [0.25, 0.3) is 0 Å². The molecule has 150 valence electrons. The molecule has 0 bridgehead atoms. The predicted octanol–water partition coefficient (Wildman–Crippen LogP) is 2.52. The first-order valence-electron chi connectivity index (χ1n) is 9.19. The lowest BCUT2D eigenvalue weighted by Gasteiger charge is -2.34. The van der Waals surface area contributed by atoms with Gasteiger partial charge in [0.25, 0.3) is 0 Å². The Morgan fingerprint density at radius 1 is 0.964 bits per heavy atom. The molecule has 1 aliphatic rings. The van der Waals surface area contributed by atoms with Crippen molar-refractivity contribution >= 4 is 15.9 Å². The zero-order valence-corrected chi connectivity index (χ0v) is 16.3. The molecular formula is C20H23FN2O4S. The Bertz CT molecular complexity index is 897. The highest BCUT2D eigenvalue weighted by atomic mass is 32.2. The second-order valence-electron chi connectivity index (χ2n) is 6.48. The van der Waals surface area contributed by atoms with Crippen molar-refractivity contribution < 1.29 is 22.3 Å². The minimum atomic E-state index is -3.53. The molecule has 6 nitrogen and oxygen atoms in total. The van der Waals surface area contributed by atoms with Gasteiger partial charge in [-0.25, -0.2) is 12.8 Å². The number of ether oxygens (including phenoxy) is 1. The fraction of sp³-hybridized carbons (Fsp3) is 0.350. The van der Waals surface area contributed by atoms with E-state index < -0.39 is 15.8 Å². The van der Waals surface area contributed by atoms with Gasteiger partial charge < -0.3 is 9.64 Å². The molecule has 0 atom stereocenters. The molecule has 0 saturated carbocycles. The molecule has 8 heteroatoms. The van der Waals surface area contributed by atoms with Crippen molar-refractivity contribution in [2.75, 3.05) is 32.8 Å². The van der Waals surface area contributed by atoms with E-state index in [1.165, 1.54) is 10.4 Å². The van der Waals surface area contributed by atoms with Crippen LogP contribution in [0.3, 0.4) is 0 Å². The van der Waals surface area contributed by atoms with Gasteiger partial charge in [-0.15, -0.1) is 0 Å². The van der Waals surface area contributed by atoms with Crippen LogP contribution in [0.4, 0.5) is 4.39 Å². The van der Waals surface area contributed by atoms with Crippen LogP contribution in [0.2, 0.25) is 0 Å². The Balaban J connectivity index is 1.43. The number of carbonyl (C=O) groups is 1. The Morgan fingerprint density at radius 3 is 2.29 bits per heavy atom. The molecule has 1 heterocycles. The average Bonchev–Trinajstić information content (AvgIpc) is 2.73. The van der Waals surface area contributed by atoms with E-state index in [9.17, 15) is 17.6 Å². The number of hydrogen-bond acceptors (Lipinski definition) is 4. The Morgan fingerprint density at radius 2 is 1.61 bits per heavy atom. The molecule has 1 aliphatic heterocycles. The molecule has 0 spiro atoms. The number of para-hydroxylation sites is 1. The summed E-state index contributed by atoms with van der Waals surface area (Å²) in [5.41, 5.74) is 0. The summed E-state index contributed by atoms with van der Waals surface area (Å²) < 4.78 is 45.5. The van der Waals surface area contributed by atoms with Gasteiger partial charge in [-0.3, -0.25) is 4.79 Å². The van der Waals surface area contributed by atoms with Crippen LogP contribution in [-0.4, -0.2) is 56.3 Å². The number of halogens is 1. The van der Waals surface area contributed by atoms with Crippen LogP contribution in [0.5, 0.6) is 5.75 Å². The van der Waals surface area contributed by atoms with Crippen LogP contribution in [0.15, 0.2) is 59.5 Å². The standard InChI is InChI=1S/C20H23FN2O4S/c21-18-9-4-5-10-19(18)27-16-6-11-20(24)22-12-14-23(15-13-22)28(25,26)17-7-2-1-3-8-17/h1-5,7-10H,6,11-16H2. The number of benzene rings is 2. The molecule has 28 heavy (non-hydrogen) atoms. The van der Waals surface area contributed by atoms with E-state index in [1.54, 1.807) is 53.4 Å². The first-order chi connectivity index (χ1) is 13.5. The zero-order chi connectivity index (χ0) is 20.0. The summed E-state index contributed by atoms with van der Waals surface area (Å²) in [6, 6.07) is 14.4. The van der Waals surface area contributed by atoms with E-state index in [4.69, 9.17) is 4.74 Å². The molecule has 0 radical (unpaired) electrons. The van der Waals surface area contributed by atoms with Gasteiger partial charge >= 0.3 is 0 Å². The summed E-state index contributed by atoms with van der Waals surface area (Å²) in [5.74, 6) is -0.298. The van der Waals surface area contributed by atoms with E-state index in [0.29, 0.717) is 19.5 Å². The highest BCUT2D eigenvalue weighted by Crippen LogP contribution is 2.18. The Labute approximate surface area is 164 Å². The van der Waals surface area contributed by atoms with Crippen molar-refractivity contribution in [3.05, 3.63) is 60.4 Å². The van der Waals surface area contributed by atoms with E-state index in [0.717, 1.165) is 0 Å². The maximum atomic E-state index is 13.5. The monoisotopic (exact) mass is 406 g/mol. The number of amides is 1. The van der Waals surface area contributed by atoms with Crippen molar-refractivity contribution in [2.45, 2.75) is 17.7 Å². The second kappa shape index (κ2) is 9.16. The van der Waals surface area contributed by atoms with E-state index in [-0.39, 0.29) is 42.7 Å². The minimum absolute atomic E-state index is 0.0473. The smallest absolute Gasteiger partial charge is 0.243 e. The lowest BCUT2D eigenvalue weighted by molar-refractivity contribution is -0.132. The quantitative estimate of drug-likeness (QED) is 0.663. The topological polar surface area (TPSA) is 66.9 Å². The molecular weight excluding hydrogens is 383 g/mol. The third kappa shape index (κ3) is 4.88. The number of rotatable bonds is 7. The largest absolute Gasteiger partial charge is 0.491 e. The third-order valence-corrected chi connectivity index (χ3v) is 6.51.